The van der Waals surface area contributed by atoms with Gasteiger partial charge < -0.3 is 39.4 Å². The van der Waals surface area contributed by atoms with Crippen molar-refractivity contribution in [2.24, 2.45) is 5.92 Å². The summed E-state index contributed by atoms with van der Waals surface area (Å²) in [5.74, 6) is 0.683. The van der Waals surface area contributed by atoms with E-state index in [1.165, 1.54) is 17.9 Å². The first-order valence-corrected chi connectivity index (χ1v) is 12.0. The van der Waals surface area contributed by atoms with Gasteiger partial charge in [-0.3, -0.25) is 0 Å². The van der Waals surface area contributed by atoms with E-state index in [-0.39, 0.29) is 13.2 Å². The van der Waals surface area contributed by atoms with E-state index >= 15 is 0 Å². The Bertz CT molecular complexity index is 727. The van der Waals surface area contributed by atoms with E-state index in [0.717, 1.165) is 25.5 Å². The normalized spacial score (nSPS) is 17.0. The maximum absolute atomic E-state index is 10.4. The third-order valence-electron chi connectivity index (χ3n) is 5.49. The van der Waals surface area contributed by atoms with Gasteiger partial charge in [0, 0.05) is 13.7 Å². The molecule has 1 rings (SSSR count). The van der Waals surface area contributed by atoms with Gasteiger partial charge in [0.05, 0.1) is 45.8 Å². The second kappa shape index (κ2) is 18.6. The SMILES string of the molecule is C/C=C(/Cn1cc(COCCOCCOCCC(C)CC)nn1)[C@@H](O)[C@H](O)C=C[C@@H](O)[C@H](O)OC. The van der Waals surface area contributed by atoms with Crippen LogP contribution in [0.1, 0.15) is 39.3 Å². The summed E-state index contributed by atoms with van der Waals surface area (Å²) in [6.45, 7) is 9.34. The largest absolute Gasteiger partial charge is 0.386 e. The van der Waals surface area contributed by atoms with Gasteiger partial charge in [0.25, 0.3) is 0 Å². The van der Waals surface area contributed by atoms with Crippen LogP contribution in [0.2, 0.25) is 0 Å². The van der Waals surface area contributed by atoms with Crippen LogP contribution in [0.15, 0.2) is 30.0 Å². The van der Waals surface area contributed by atoms with E-state index in [2.05, 4.69) is 28.9 Å². The van der Waals surface area contributed by atoms with Gasteiger partial charge in [-0.25, -0.2) is 4.68 Å². The summed E-state index contributed by atoms with van der Waals surface area (Å²) in [5.41, 5.74) is 1.13. The van der Waals surface area contributed by atoms with Crippen LogP contribution in [0.5, 0.6) is 0 Å². The van der Waals surface area contributed by atoms with Crippen LogP contribution in [-0.4, -0.2) is 100 Å². The Kier molecular flexibility index (Phi) is 16.6. The fourth-order valence-corrected chi connectivity index (χ4v) is 2.92. The fraction of sp³-hybridized carbons (Fsp3) is 0.750. The molecule has 4 N–H and O–H groups in total. The van der Waals surface area contributed by atoms with Gasteiger partial charge in [-0.15, -0.1) is 5.10 Å². The van der Waals surface area contributed by atoms with E-state index in [1.807, 2.05) is 0 Å². The monoisotopic (exact) mass is 501 g/mol. The van der Waals surface area contributed by atoms with Crippen molar-refractivity contribution in [3.63, 3.8) is 0 Å². The lowest BCUT2D eigenvalue weighted by atomic mass is 10.0. The molecule has 0 saturated heterocycles. The van der Waals surface area contributed by atoms with E-state index in [1.54, 1.807) is 19.2 Å². The number of aromatic nitrogens is 3. The highest BCUT2D eigenvalue weighted by molar-refractivity contribution is 5.13. The van der Waals surface area contributed by atoms with Crippen molar-refractivity contribution < 1.29 is 39.4 Å². The fourth-order valence-electron chi connectivity index (χ4n) is 2.92. The second-order valence-electron chi connectivity index (χ2n) is 8.29. The van der Waals surface area contributed by atoms with Crippen molar-refractivity contribution in [1.82, 2.24) is 15.0 Å². The van der Waals surface area contributed by atoms with Crippen molar-refractivity contribution in [2.45, 2.75) is 71.4 Å². The van der Waals surface area contributed by atoms with Crippen molar-refractivity contribution in [1.29, 1.82) is 0 Å². The number of aliphatic hydroxyl groups is 4. The van der Waals surface area contributed by atoms with Gasteiger partial charge in [-0.05, 0) is 24.8 Å². The number of hydrogen-bond acceptors (Lipinski definition) is 10. The lowest BCUT2D eigenvalue weighted by Gasteiger charge is -2.19. The summed E-state index contributed by atoms with van der Waals surface area (Å²) in [6.07, 6.45) is 2.68. The molecule has 0 fully saturated rings. The molecular formula is C24H43N3O8. The van der Waals surface area contributed by atoms with Crippen molar-refractivity contribution >= 4 is 0 Å². The molecule has 35 heavy (non-hydrogen) atoms. The maximum Gasteiger partial charge on any atom is 0.184 e. The third-order valence-corrected chi connectivity index (χ3v) is 5.49. The molecule has 5 atom stereocenters. The minimum Gasteiger partial charge on any atom is -0.386 e. The van der Waals surface area contributed by atoms with Gasteiger partial charge in [-0.2, -0.15) is 0 Å². The Hall–Kier alpha value is -1.70. The molecule has 0 aromatic carbocycles. The first kappa shape index (κ1) is 31.3. The molecule has 0 aliphatic carbocycles. The Balaban J connectivity index is 2.30. The van der Waals surface area contributed by atoms with Crippen molar-refractivity contribution in [3.8, 4) is 0 Å². The lowest BCUT2D eigenvalue weighted by Crippen LogP contribution is -2.30. The summed E-state index contributed by atoms with van der Waals surface area (Å²) >= 11 is 0. The summed E-state index contributed by atoms with van der Waals surface area (Å²) in [6, 6.07) is 0. The number of ether oxygens (including phenoxy) is 4. The molecular weight excluding hydrogens is 458 g/mol. The van der Waals surface area contributed by atoms with E-state index in [9.17, 15) is 20.4 Å². The second-order valence-corrected chi connectivity index (χ2v) is 8.29. The molecule has 0 aliphatic heterocycles. The third kappa shape index (κ3) is 13.3. The number of methoxy groups -OCH3 is 1. The van der Waals surface area contributed by atoms with Crippen LogP contribution in [0.4, 0.5) is 0 Å². The Morgan fingerprint density at radius 2 is 1.63 bits per heavy atom. The molecule has 11 heteroatoms. The summed E-state index contributed by atoms with van der Waals surface area (Å²) < 4.78 is 22.7. The zero-order chi connectivity index (χ0) is 26.1. The zero-order valence-corrected chi connectivity index (χ0v) is 21.3. The average Bonchev–Trinajstić information content (AvgIpc) is 3.32. The topological polar surface area (TPSA) is 149 Å². The number of nitrogens with zero attached hydrogens (tertiary/aromatic N) is 3. The molecule has 0 saturated carbocycles. The van der Waals surface area contributed by atoms with Crippen LogP contribution in [0, 0.1) is 5.92 Å². The highest BCUT2D eigenvalue weighted by atomic mass is 16.6. The minimum absolute atomic E-state index is 0.207. The maximum atomic E-state index is 10.4. The highest BCUT2D eigenvalue weighted by Gasteiger charge is 2.20. The molecule has 0 amide bonds. The summed E-state index contributed by atoms with van der Waals surface area (Å²) in [7, 11) is 1.24. The predicted octanol–water partition coefficient (Wildman–Crippen LogP) is 0.814. The van der Waals surface area contributed by atoms with Crippen molar-refractivity contribution in [3.05, 3.63) is 35.7 Å². The van der Waals surface area contributed by atoms with Crippen LogP contribution in [0.3, 0.4) is 0 Å². The van der Waals surface area contributed by atoms with Crippen LogP contribution in [0.25, 0.3) is 0 Å². The summed E-state index contributed by atoms with van der Waals surface area (Å²) in [4.78, 5) is 0. The number of hydrogen-bond donors (Lipinski definition) is 4. The number of allylic oxidation sites excluding steroid dienone is 1. The molecule has 0 bridgehead atoms. The Morgan fingerprint density at radius 1 is 1.00 bits per heavy atom. The Labute approximate surface area is 208 Å². The van der Waals surface area contributed by atoms with E-state index in [4.69, 9.17) is 14.2 Å². The van der Waals surface area contributed by atoms with E-state index < -0.39 is 24.6 Å². The molecule has 11 nitrogen and oxygen atoms in total. The van der Waals surface area contributed by atoms with Gasteiger partial charge in [-0.1, -0.05) is 43.7 Å². The molecule has 1 unspecified atom stereocenters. The van der Waals surface area contributed by atoms with Gasteiger partial charge >= 0.3 is 0 Å². The smallest absolute Gasteiger partial charge is 0.184 e. The molecule has 0 radical (unpaired) electrons. The van der Waals surface area contributed by atoms with Crippen LogP contribution >= 0.6 is 0 Å². The van der Waals surface area contributed by atoms with Gasteiger partial charge in [0.15, 0.2) is 6.29 Å². The lowest BCUT2D eigenvalue weighted by molar-refractivity contribution is -0.128. The predicted molar refractivity (Wildman–Crippen MR) is 129 cm³/mol. The molecule has 1 heterocycles. The number of rotatable bonds is 20. The average molecular weight is 502 g/mol. The molecule has 202 valence electrons. The zero-order valence-electron chi connectivity index (χ0n) is 21.3. The van der Waals surface area contributed by atoms with E-state index in [0.29, 0.717) is 43.6 Å². The highest BCUT2D eigenvalue weighted by Crippen LogP contribution is 2.12. The number of aliphatic hydroxyl groups excluding tert-OH is 4. The van der Waals surface area contributed by atoms with Gasteiger partial charge in [0.2, 0.25) is 0 Å². The first-order valence-electron chi connectivity index (χ1n) is 12.0. The summed E-state index contributed by atoms with van der Waals surface area (Å²) in [5, 5.41) is 47.7. The molecule has 0 aliphatic rings. The minimum atomic E-state index is -1.42. The van der Waals surface area contributed by atoms with Crippen LogP contribution in [-0.2, 0) is 32.1 Å². The first-order chi connectivity index (χ1) is 16.8. The van der Waals surface area contributed by atoms with Crippen LogP contribution < -0.4 is 0 Å². The standard InChI is InChI=1S/C24H43N3O8/c1-5-18(3)9-10-33-11-12-34-13-14-35-17-20-16-27(26-25-20)15-19(6-2)23(30)21(28)7-8-22(29)24(31)32-4/h6-8,16,18,21-24,28-31H,5,9-15,17H2,1-4H3/b8-7?,19-6-/t18?,21-,22-,23-,24-/m1/s1. The molecule has 1 aromatic rings. The quantitative estimate of drug-likeness (QED) is 0.115. The van der Waals surface area contributed by atoms with Crippen molar-refractivity contribution in [2.75, 3.05) is 40.1 Å². The Morgan fingerprint density at radius 3 is 2.26 bits per heavy atom. The molecule has 1 aromatic heterocycles. The van der Waals surface area contributed by atoms with Gasteiger partial charge in [0.1, 0.15) is 24.0 Å². The molecule has 0 spiro atoms.